The monoisotopic (exact) mass is 352 g/mol. The highest BCUT2D eigenvalue weighted by atomic mass is 29.7. The Hall–Kier alpha value is -0.319. The van der Waals surface area contributed by atoms with Gasteiger partial charge in [0.15, 0.2) is 0 Å². The molecule has 0 N–H and O–H groups in total. The van der Waals surface area contributed by atoms with E-state index in [2.05, 4.69) is 0 Å². The highest BCUT2D eigenvalue weighted by molar-refractivity contribution is 7.64. The van der Waals surface area contributed by atoms with Crippen LogP contribution in [0.3, 0.4) is 0 Å². The number of ether oxygens (including phenoxy) is 1. The minimum absolute atomic E-state index is 0.148. The molecule has 21 heavy (non-hydrogen) atoms. The lowest BCUT2D eigenvalue weighted by molar-refractivity contribution is -0.141. The van der Waals surface area contributed by atoms with Crippen molar-refractivity contribution in [3.05, 3.63) is 0 Å². The van der Waals surface area contributed by atoms with Crippen LogP contribution in [0.15, 0.2) is 0 Å². The highest BCUT2D eigenvalue weighted by Crippen LogP contribution is 2.33. The van der Waals surface area contributed by atoms with Gasteiger partial charge in [-0.15, -0.1) is 0 Å². The largest absolute Gasteiger partial charge is 0.466 e. The average molecular weight is 353 g/mol. The lowest BCUT2D eigenvalue weighted by Crippen LogP contribution is -2.71. The fraction of sp³-hybridized carbons (Fsp3) is 0.846. The van der Waals surface area contributed by atoms with E-state index < -0.39 is 29.0 Å². The van der Waals surface area contributed by atoms with E-state index in [0.29, 0.717) is 6.42 Å². The Morgan fingerprint density at radius 2 is 1.62 bits per heavy atom. The van der Waals surface area contributed by atoms with E-state index in [1.807, 2.05) is 39.3 Å². The molecule has 1 atom stereocenters. The molecule has 0 aliphatic rings. The first kappa shape index (κ1) is 20.7. The highest BCUT2D eigenvalue weighted by Gasteiger charge is 2.60. The molecule has 0 spiro atoms. The Kier molecular flexibility index (Phi) is 7.68. The number of carbonyl (C=O) groups is 2. The van der Waals surface area contributed by atoms with Crippen molar-refractivity contribution in [2.45, 2.75) is 65.2 Å². The van der Waals surface area contributed by atoms with Crippen molar-refractivity contribution in [1.29, 1.82) is 0 Å². The molecule has 0 aromatic rings. The first-order valence-corrected chi connectivity index (χ1v) is 18.1. The van der Waals surface area contributed by atoms with Gasteiger partial charge in [-0.25, -0.2) is 0 Å². The van der Waals surface area contributed by atoms with Gasteiger partial charge in [0.2, 0.25) is 0 Å². The van der Waals surface area contributed by atoms with Gasteiger partial charge in [0.25, 0.3) is 0 Å². The van der Waals surface area contributed by atoms with E-state index in [1.54, 1.807) is 0 Å². The molecule has 0 radical (unpaired) electrons. The Morgan fingerprint density at radius 3 is 1.95 bits per heavy atom. The summed E-state index contributed by atoms with van der Waals surface area (Å²) in [5.74, 6) is -0.376. The SMILES string of the molecule is CC(=O)OCCC(CC=O)O[Si](F)([Si](C)(C)C)[Si](C)(C)C. The molecule has 124 valence electrons. The van der Waals surface area contributed by atoms with Crippen LogP contribution >= 0.6 is 0 Å². The quantitative estimate of drug-likeness (QED) is 0.277. The predicted molar refractivity (Wildman–Crippen MR) is 90.4 cm³/mol. The summed E-state index contributed by atoms with van der Waals surface area (Å²) in [6.07, 6.45) is 0.777. The molecule has 0 heterocycles. The van der Waals surface area contributed by atoms with E-state index in [1.165, 1.54) is 6.92 Å². The summed E-state index contributed by atoms with van der Waals surface area (Å²) in [7, 11) is -7.57. The number of carbonyl (C=O) groups excluding carboxylic acids is 2. The molecule has 0 bridgehead atoms. The number of aldehydes is 1. The molecular weight excluding hydrogens is 323 g/mol. The van der Waals surface area contributed by atoms with Crippen LogP contribution in [0.4, 0.5) is 4.11 Å². The van der Waals surface area contributed by atoms with Crippen LogP contribution in [-0.2, 0) is 18.8 Å². The van der Waals surface area contributed by atoms with Crippen molar-refractivity contribution in [2.24, 2.45) is 0 Å². The lowest BCUT2D eigenvalue weighted by Gasteiger charge is -2.43. The van der Waals surface area contributed by atoms with Gasteiger partial charge in [-0.1, -0.05) is 39.3 Å². The number of rotatable bonds is 9. The van der Waals surface area contributed by atoms with E-state index in [-0.39, 0.29) is 19.0 Å². The zero-order valence-electron chi connectivity index (χ0n) is 14.3. The molecular formula is C13H29FO4Si3. The number of halogens is 1. The second-order valence-corrected chi connectivity index (χ2v) is 32.2. The number of hydrogen-bond donors (Lipinski definition) is 0. The van der Waals surface area contributed by atoms with Crippen molar-refractivity contribution in [2.75, 3.05) is 6.61 Å². The van der Waals surface area contributed by atoms with Crippen molar-refractivity contribution in [3.8, 4) is 0 Å². The Labute approximate surface area is 130 Å². The number of hydrogen-bond acceptors (Lipinski definition) is 4. The standard InChI is InChI=1S/C13H29FO4Si3/c1-12(16)17-11-9-13(8-10-15)18-21(14,19(2,3)4)20(5,6)7/h10,13H,8-9,11H2,1-7H3. The molecule has 0 fully saturated rings. The van der Waals surface area contributed by atoms with Gasteiger partial charge in [0, 0.05) is 19.8 Å². The predicted octanol–water partition coefficient (Wildman–Crippen LogP) is 3.16. The Bertz CT molecular complexity index is 349. The van der Waals surface area contributed by atoms with Crippen LogP contribution in [0.1, 0.15) is 19.8 Å². The van der Waals surface area contributed by atoms with E-state index in [9.17, 15) is 9.59 Å². The van der Waals surface area contributed by atoms with Gasteiger partial charge in [0.05, 0.1) is 12.7 Å². The summed E-state index contributed by atoms with van der Waals surface area (Å²) in [4.78, 5) is 21.6. The van der Waals surface area contributed by atoms with E-state index >= 15 is 4.11 Å². The van der Waals surface area contributed by atoms with Gasteiger partial charge >= 0.3 is 13.7 Å². The average Bonchev–Trinajstić information content (AvgIpc) is 2.25. The van der Waals surface area contributed by atoms with Crippen molar-refractivity contribution < 1.29 is 22.9 Å². The third-order valence-electron chi connectivity index (χ3n) is 3.36. The minimum atomic E-state index is -3.35. The lowest BCUT2D eigenvalue weighted by atomic mass is 10.2. The zero-order valence-corrected chi connectivity index (χ0v) is 17.3. The molecule has 0 aromatic heterocycles. The molecule has 0 saturated heterocycles. The molecule has 1 unspecified atom stereocenters. The first-order chi connectivity index (χ1) is 9.35. The summed E-state index contributed by atoms with van der Waals surface area (Å²) in [6, 6.07) is 0. The fourth-order valence-corrected chi connectivity index (χ4v) is 36.1. The van der Waals surface area contributed by atoms with Crippen LogP contribution in [0.25, 0.3) is 0 Å². The molecule has 0 saturated carbocycles. The van der Waals surface area contributed by atoms with Crippen LogP contribution in [-0.4, -0.2) is 47.8 Å². The second-order valence-electron chi connectivity index (χ2n) is 7.37. The summed E-state index contributed by atoms with van der Waals surface area (Å²) in [6.45, 7) is 13.5. The molecule has 0 amide bonds. The van der Waals surface area contributed by atoms with Gasteiger partial charge in [-0.05, 0) is 0 Å². The second kappa shape index (κ2) is 7.80. The van der Waals surface area contributed by atoms with Crippen LogP contribution in [0.5, 0.6) is 0 Å². The van der Waals surface area contributed by atoms with Crippen LogP contribution < -0.4 is 0 Å². The Morgan fingerprint density at radius 1 is 1.14 bits per heavy atom. The molecule has 0 aliphatic carbocycles. The molecule has 4 nitrogen and oxygen atoms in total. The minimum Gasteiger partial charge on any atom is -0.466 e. The maximum atomic E-state index is 15.8. The van der Waals surface area contributed by atoms with E-state index in [0.717, 1.165) is 6.29 Å². The summed E-state index contributed by atoms with van der Waals surface area (Å²) in [5.41, 5.74) is 0. The topological polar surface area (TPSA) is 52.6 Å². The molecule has 0 aliphatic heterocycles. The molecule has 0 rings (SSSR count). The van der Waals surface area contributed by atoms with Gasteiger partial charge in [-0.2, -0.15) is 0 Å². The van der Waals surface area contributed by atoms with E-state index in [4.69, 9.17) is 9.16 Å². The van der Waals surface area contributed by atoms with Crippen LogP contribution in [0.2, 0.25) is 39.3 Å². The summed E-state index contributed by atoms with van der Waals surface area (Å²) >= 11 is 0. The number of esters is 1. The maximum Gasteiger partial charge on any atom is 0.342 e. The van der Waals surface area contributed by atoms with Gasteiger partial charge in [0.1, 0.15) is 21.5 Å². The summed E-state index contributed by atoms with van der Waals surface area (Å²) < 4.78 is 26.6. The summed E-state index contributed by atoms with van der Waals surface area (Å²) in [5, 5.41) is 0. The maximum absolute atomic E-state index is 15.8. The Balaban J connectivity index is 5.07. The molecule has 8 heteroatoms. The van der Waals surface area contributed by atoms with Crippen molar-refractivity contribution >= 4 is 35.1 Å². The fourth-order valence-electron chi connectivity index (χ4n) is 2.37. The third kappa shape index (κ3) is 6.13. The van der Waals surface area contributed by atoms with Crippen molar-refractivity contribution in [1.82, 2.24) is 0 Å². The van der Waals surface area contributed by atoms with Gasteiger partial charge < -0.3 is 14.0 Å². The van der Waals surface area contributed by atoms with Crippen LogP contribution in [0, 0.1) is 0 Å². The normalized spacial score (nSPS) is 14.7. The van der Waals surface area contributed by atoms with Crippen molar-refractivity contribution in [3.63, 3.8) is 0 Å². The zero-order chi connectivity index (χ0) is 16.9. The smallest absolute Gasteiger partial charge is 0.342 e. The molecule has 0 aromatic carbocycles. The van der Waals surface area contributed by atoms with Gasteiger partial charge in [-0.3, -0.25) is 8.90 Å². The third-order valence-corrected chi connectivity index (χ3v) is 33.7. The first-order valence-electron chi connectivity index (χ1n) is 7.29.